The van der Waals surface area contributed by atoms with E-state index in [1.807, 2.05) is 11.8 Å². The first-order valence-electron chi connectivity index (χ1n) is 7.87. The summed E-state index contributed by atoms with van der Waals surface area (Å²) in [5, 5.41) is 0. The highest BCUT2D eigenvalue weighted by Gasteiger charge is 2.42. The highest BCUT2D eigenvalue weighted by Crippen LogP contribution is 2.35. The molecule has 1 aliphatic carbocycles. The van der Waals surface area contributed by atoms with Gasteiger partial charge >= 0.3 is 0 Å². The van der Waals surface area contributed by atoms with Crippen LogP contribution < -0.4 is 0 Å². The molecule has 0 aromatic heterocycles. The van der Waals surface area contributed by atoms with E-state index in [4.69, 9.17) is 4.18 Å². The lowest BCUT2D eigenvalue weighted by Crippen LogP contribution is -2.52. The molecule has 1 heterocycles. The van der Waals surface area contributed by atoms with Crippen LogP contribution in [0.5, 0.6) is 0 Å². The maximum atomic E-state index is 13.1. The molecular formula is C16H21F2NO3S. The number of piperidine rings is 1. The molecule has 0 bridgehead atoms. The average Bonchev–Trinajstić information content (AvgIpc) is 2.44. The van der Waals surface area contributed by atoms with Crippen LogP contribution in [0.1, 0.15) is 31.2 Å². The van der Waals surface area contributed by atoms with Gasteiger partial charge in [-0.25, -0.2) is 8.78 Å². The van der Waals surface area contributed by atoms with Crippen molar-refractivity contribution in [1.29, 1.82) is 0 Å². The molecule has 23 heavy (non-hydrogen) atoms. The van der Waals surface area contributed by atoms with Crippen molar-refractivity contribution in [2.45, 2.75) is 55.6 Å². The van der Waals surface area contributed by atoms with Gasteiger partial charge in [-0.05, 0) is 31.9 Å². The monoisotopic (exact) mass is 345 g/mol. The zero-order valence-corrected chi connectivity index (χ0v) is 13.9. The summed E-state index contributed by atoms with van der Waals surface area (Å²) in [6.07, 6.45) is 0.578. The van der Waals surface area contributed by atoms with E-state index in [9.17, 15) is 17.2 Å². The molecule has 1 aliphatic heterocycles. The van der Waals surface area contributed by atoms with Gasteiger partial charge in [-0.1, -0.05) is 17.7 Å². The van der Waals surface area contributed by atoms with Gasteiger partial charge in [0.1, 0.15) is 0 Å². The molecule has 1 aromatic carbocycles. The Morgan fingerprint density at radius 1 is 1.13 bits per heavy atom. The lowest BCUT2D eigenvalue weighted by atomic mass is 9.86. The highest BCUT2D eigenvalue weighted by molar-refractivity contribution is 7.86. The summed E-state index contributed by atoms with van der Waals surface area (Å²) in [4.78, 5) is 2.18. The summed E-state index contributed by atoms with van der Waals surface area (Å²) < 4.78 is 55.9. The van der Waals surface area contributed by atoms with Gasteiger partial charge in [0.15, 0.2) is 0 Å². The zero-order valence-electron chi connectivity index (χ0n) is 13.0. The lowest BCUT2D eigenvalue weighted by molar-refractivity contribution is -0.0805. The smallest absolute Gasteiger partial charge is 0.297 e. The number of rotatable bonds is 4. The number of alkyl halides is 2. The predicted octanol–water partition coefficient (Wildman–Crippen LogP) is 2.96. The molecule has 128 valence electrons. The van der Waals surface area contributed by atoms with Crippen molar-refractivity contribution in [2.24, 2.45) is 0 Å². The second-order valence-electron chi connectivity index (χ2n) is 6.50. The first-order chi connectivity index (χ1) is 10.8. The Bertz CT molecular complexity index is 644. The van der Waals surface area contributed by atoms with Gasteiger partial charge in [0, 0.05) is 32.0 Å². The molecule has 0 atom stereocenters. The van der Waals surface area contributed by atoms with Crippen molar-refractivity contribution in [3.63, 3.8) is 0 Å². The van der Waals surface area contributed by atoms with Gasteiger partial charge < -0.3 is 0 Å². The fraction of sp³-hybridized carbons (Fsp3) is 0.625. The van der Waals surface area contributed by atoms with Crippen molar-refractivity contribution in [3.8, 4) is 0 Å². The quantitative estimate of drug-likeness (QED) is 0.787. The minimum atomic E-state index is -3.75. The van der Waals surface area contributed by atoms with E-state index >= 15 is 0 Å². The van der Waals surface area contributed by atoms with Crippen LogP contribution in [-0.4, -0.2) is 44.5 Å². The number of halogens is 2. The Balaban J connectivity index is 1.51. The Morgan fingerprint density at radius 3 is 2.26 bits per heavy atom. The van der Waals surface area contributed by atoms with Crippen molar-refractivity contribution >= 4 is 10.1 Å². The molecule has 0 amide bonds. The number of aryl methyl sites for hydroxylation is 1. The van der Waals surface area contributed by atoms with Crippen LogP contribution in [0.2, 0.25) is 0 Å². The summed E-state index contributed by atoms with van der Waals surface area (Å²) >= 11 is 0. The predicted molar refractivity (Wildman–Crippen MR) is 82.0 cm³/mol. The minimum absolute atomic E-state index is 0.114. The van der Waals surface area contributed by atoms with E-state index in [1.165, 1.54) is 12.1 Å². The molecule has 0 unspecified atom stereocenters. The van der Waals surface area contributed by atoms with Crippen molar-refractivity contribution in [1.82, 2.24) is 4.90 Å². The fourth-order valence-electron chi connectivity index (χ4n) is 3.07. The molecule has 3 rings (SSSR count). The molecule has 1 aromatic rings. The molecule has 4 nitrogen and oxygen atoms in total. The van der Waals surface area contributed by atoms with Crippen molar-refractivity contribution < 1.29 is 21.4 Å². The largest absolute Gasteiger partial charge is 0.300 e. The molecule has 7 heteroatoms. The van der Waals surface area contributed by atoms with E-state index in [-0.39, 0.29) is 29.9 Å². The van der Waals surface area contributed by atoms with Gasteiger partial charge in [-0.15, -0.1) is 0 Å². The van der Waals surface area contributed by atoms with Crippen molar-refractivity contribution in [2.75, 3.05) is 13.1 Å². The summed E-state index contributed by atoms with van der Waals surface area (Å²) in [5.41, 5.74) is 0.981. The number of benzene rings is 1. The van der Waals surface area contributed by atoms with E-state index in [2.05, 4.69) is 0 Å². The van der Waals surface area contributed by atoms with E-state index < -0.39 is 16.0 Å². The van der Waals surface area contributed by atoms with Gasteiger partial charge in [-0.2, -0.15) is 8.42 Å². The standard InChI is InChI=1S/C16H21F2NO3S/c1-12-2-4-15(5-3-12)23(20,21)22-14-10-13(11-14)19-8-6-16(17,18)7-9-19/h2-5,13-14H,6-11H2,1H3/t13-,14+. The Kier molecular flexibility index (Phi) is 4.46. The maximum absolute atomic E-state index is 13.1. The second kappa shape index (κ2) is 6.11. The van der Waals surface area contributed by atoms with Crippen LogP contribution in [0.25, 0.3) is 0 Å². The summed E-state index contributed by atoms with van der Waals surface area (Å²) in [5.74, 6) is -2.55. The Labute approximate surface area is 135 Å². The molecular weight excluding hydrogens is 324 g/mol. The molecule has 0 spiro atoms. The summed E-state index contributed by atoms with van der Waals surface area (Å²) in [7, 11) is -3.75. The van der Waals surface area contributed by atoms with Crippen LogP contribution >= 0.6 is 0 Å². The summed E-state index contributed by atoms with van der Waals surface area (Å²) in [6, 6.07) is 6.69. The topological polar surface area (TPSA) is 46.6 Å². The number of hydrogen-bond donors (Lipinski definition) is 0. The summed E-state index contributed by atoms with van der Waals surface area (Å²) in [6.45, 7) is 2.63. The van der Waals surface area contributed by atoms with E-state index in [0.29, 0.717) is 25.9 Å². The third-order valence-corrected chi connectivity index (χ3v) is 6.06. The third-order valence-electron chi connectivity index (χ3n) is 4.69. The molecule has 0 radical (unpaired) electrons. The normalized spacial score (nSPS) is 28.3. The van der Waals surface area contributed by atoms with Crippen LogP contribution in [-0.2, 0) is 14.3 Å². The number of hydrogen-bond acceptors (Lipinski definition) is 4. The minimum Gasteiger partial charge on any atom is -0.300 e. The molecule has 1 saturated heterocycles. The van der Waals surface area contributed by atoms with Crippen LogP contribution in [0.15, 0.2) is 29.2 Å². The van der Waals surface area contributed by atoms with Gasteiger partial charge in [0.2, 0.25) is 0 Å². The maximum Gasteiger partial charge on any atom is 0.297 e. The van der Waals surface area contributed by atoms with Gasteiger partial charge in [0.25, 0.3) is 16.0 Å². The number of nitrogens with zero attached hydrogens (tertiary/aromatic N) is 1. The second-order valence-corrected chi connectivity index (χ2v) is 8.07. The van der Waals surface area contributed by atoms with Crippen LogP contribution in [0.3, 0.4) is 0 Å². The van der Waals surface area contributed by atoms with E-state index in [1.54, 1.807) is 12.1 Å². The number of likely N-dealkylation sites (tertiary alicyclic amines) is 1. The Morgan fingerprint density at radius 2 is 1.70 bits per heavy atom. The SMILES string of the molecule is Cc1ccc(S(=O)(=O)O[C@H]2C[C@@H](N3CCC(F)(F)CC3)C2)cc1. The van der Waals surface area contributed by atoms with Gasteiger partial charge in [0.05, 0.1) is 11.0 Å². The molecule has 0 N–H and O–H groups in total. The molecule has 2 aliphatic rings. The van der Waals surface area contributed by atoms with E-state index in [0.717, 1.165) is 5.56 Å². The average molecular weight is 345 g/mol. The van der Waals surface area contributed by atoms with Crippen LogP contribution in [0.4, 0.5) is 8.78 Å². The highest BCUT2D eigenvalue weighted by atomic mass is 32.2. The Hall–Kier alpha value is -1.05. The first-order valence-corrected chi connectivity index (χ1v) is 9.28. The molecule has 1 saturated carbocycles. The van der Waals surface area contributed by atoms with Crippen LogP contribution in [0, 0.1) is 6.92 Å². The van der Waals surface area contributed by atoms with Gasteiger partial charge in [-0.3, -0.25) is 9.08 Å². The molecule has 2 fully saturated rings. The van der Waals surface area contributed by atoms with Crippen molar-refractivity contribution in [3.05, 3.63) is 29.8 Å². The lowest BCUT2D eigenvalue weighted by Gasteiger charge is -2.44. The zero-order chi connectivity index (χ0) is 16.7. The fourth-order valence-corrected chi connectivity index (χ4v) is 4.17. The first kappa shape index (κ1) is 16.8. The third kappa shape index (κ3) is 3.89.